The van der Waals surface area contributed by atoms with E-state index in [9.17, 15) is 5.11 Å². The van der Waals surface area contributed by atoms with Crippen LogP contribution in [0.5, 0.6) is 11.5 Å². The molecule has 0 unspecified atom stereocenters. The molecule has 0 radical (unpaired) electrons. The zero-order valence-corrected chi connectivity index (χ0v) is 12.8. The first-order chi connectivity index (χ1) is 9.57. The van der Waals surface area contributed by atoms with E-state index in [0.717, 1.165) is 12.1 Å². The van der Waals surface area contributed by atoms with E-state index in [1.54, 1.807) is 13.2 Å². The monoisotopic (exact) mass is 278 g/mol. The molecular weight excluding hydrogens is 252 g/mol. The Labute approximate surface area is 121 Å². The van der Waals surface area contributed by atoms with Crippen molar-refractivity contribution in [2.75, 3.05) is 27.7 Å². The molecule has 0 atom stereocenters. The Hall–Kier alpha value is -1.26. The van der Waals surface area contributed by atoms with Gasteiger partial charge in [-0.25, -0.2) is 0 Å². The van der Waals surface area contributed by atoms with Crippen LogP contribution in [0.25, 0.3) is 0 Å². The maximum absolute atomic E-state index is 9.96. The Morgan fingerprint density at radius 1 is 1.30 bits per heavy atom. The molecule has 0 aromatic heterocycles. The third kappa shape index (κ3) is 3.25. The molecule has 2 rings (SSSR count). The molecule has 0 spiro atoms. The molecule has 1 saturated carbocycles. The van der Waals surface area contributed by atoms with Gasteiger partial charge in [-0.05, 0) is 33.0 Å². The van der Waals surface area contributed by atoms with E-state index in [0.29, 0.717) is 18.0 Å². The fraction of sp³-hybridized carbons (Fsp3) is 0.625. The lowest BCUT2D eigenvalue weighted by Crippen LogP contribution is -2.49. The number of hydrogen-bond acceptors (Lipinski definition) is 4. The van der Waals surface area contributed by atoms with E-state index in [-0.39, 0.29) is 5.54 Å². The van der Waals surface area contributed by atoms with Gasteiger partial charge in [-0.15, -0.1) is 0 Å². The number of hydrogen-bond donors (Lipinski definition) is 2. The zero-order valence-electron chi connectivity index (χ0n) is 12.8. The Morgan fingerprint density at radius 2 is 2.00 bits per heavy atom. The number of benzene rings is 1. The molecule has 112 valence electrons. The van der Waals surface area contributed by atoms with Gasteiger partial charge in [0.05, 0.1) is 7.11 Å². The highest BCUT2D eigenvalue weighted by Gasteiger charge is 2.35. The summed E-state index contributed by atoms with van der Waals surface area (Å²) in [5.74, 6) is 0.981. The molecule has 1 fully saturated rings. The van der Waals surface area contributed by atoms with Crippen LogP contribution in [0.4, 0.5) is 0 Å². The first kappa shape index (κ1) is 15.1. The van der Waals surface area contributed by atoms with Crippen molar-refractivity contribution < 1.29 is 9.84 Å². The summed E-state index contributed by atoms with van der Waals surface area (Å²) < 4.78 is 5.10. The fourth-order valence-corrected chi connectivity index (χ4v) is 3.07. The van der Waals surface area contributed by atoms with E-state index in [2.05, 4.69) is 24.3 Å². The molecule has 0 heterocycles. The van der Waals surface area contributed by atoms with Gasteiger partial charge in [-0.1, -0.05) is 18.9 Å². The molecule has 0 amide bonds. The largest absolute Gasteiger partial charge is 0.507 e. The highest BCUT2D eigenvalue weighted by Crippen LogP contribution is 2.33. The van der Waals surface area contributed by atoms with Gasteiger partial charge in [-0.2, -0.15) is 0 Å². The molecule has 1 aliphatic rings. The van der Waals surface area contributed by atoms with Crippen LogP contribution in [0.1, 0.15) is 31.2 Å². The maximum Gasteiger partial charge on any atom is 0.123 e. The van der Waals surface area contributed by atoms with Crippen LogP contribution < -0.4 is 10.1 Å². The molecule has 2 N–H and O–H groups in total. The molecule has 0 bridgehead atoms. The average Bonchev–Trinajstić information content (AvgIpc) is 2.90. The summed E-state index contributed by atoms with van der Waals surface area (Å²) in [4.78, 5) is 2.35. The summed E-state index contributed by atoms with van der Waals surface area (Å²) in [5.41, 5.74) is 1.19. The van der Waals surface area contributed by atoms with Crippen LogP contribution >= 0.6 is 0 Å². The molecule has 1 aromatic carbocycles. The smallest absolute Gasteiger partial charge is 0.123 e. The summed E-state index contributed by atoms with van der Waals surface area (Å²) in [6, 6.07) is 5.46. The summed E-state index contributed by atoms with van der Waals surface area (Å²) in [5, 5.41) is 13.5. The van der Waals surface area contributed by atoms with E-state index in [1.807, 2.05) is 12.1 Å². The van der Waals surface area contributed by atoms with Crippen LogP contribution in [0, 0.1) is 0 Å². The summed E-state index contributed by atoms with van der Waals surface area (Å²) in [6.07, 6.45) is 5.13. The first-order valence-electron chi connectivity index (χ1n) is 7.31. The van der Waals surface area contributed by atoms with Gasteiger partial charge in [0.2, 0.25) is 0 Å². The van der Waals surface area contributed by atoms with Crippen LogP contribution in [0.3, 0.4) is 0 Å². The Balaban J connectivity index is 1.92. The number of likely N-dealkylation sites (N-methyl/N-ethyl adjacent to an activating group) is 1. The first-order valence-corrected chi connectivity index (χ1v) is 7.31. The van der Waals surface area contributed by atoms with Gasteiger partial charge in [0.25, 0.3) is 0 Å². The number of rotatable bonds is 6. The van der Waals surface area contributed by atoms with Gasteiger partial charge in [0.15, 0.2) is 0 Å². The average molecular weight is 278 g/mol. The van der Waals surface area contributed by atoms with Gasteiger partial charge < -0.3 is 20.1 Å². The molecule has 1 aliphatic carbocycles. The molecule has 4 heteroatoms. The van der Waals surface area contributed by atoms with Crippen LogP contribution in [0.2, 0.25) is 0 Å². The number of aromatic hydroxyl groups is 1. The third-order valence-corrected chi connectivity index (χ3v) is 4.54. The minimum absolute atomic E-state index is 0.280. The Morgan fingerprint density at radius 3 is 2.55 bits per heavy atom. The van der Waals surface area contributed by atoms with Crippen molar-refractivity contribution in [3.8, 4) is 11.5 Å². The number of phenolic OH excluding ortho intramolecular Hbond substituents is 1. The van der Waals surface area contributed by atoms with Crippen LogP contribution in [-0.4, -0.2) is 43.3 Å². The van der Waals surface area contributed by atoms with Crippen molar-refractivity contribution in [3.63, 3.8) is 0 Å². The number of ether oxygens (including phenoxy) is 1. The van der Waals surface area contributed by atoms with Gasteiger partial charge in [0, 0.05) is 30.3 Å². The van der Waals surface area contributed by atoms with Gasteiger partial charge in [0.1, 0.15) is 11.5 Å². The lowest BCUT2D eigenvalue weighted by molar-refractivity contribution is 0.153. The molecule has 20 heavy (non-hydrogen) atoms. The Kier molecular flexibility index (Phi) is 4.89. The predicted octanol–water partition coefficient (Wildman–Crippen LogP) is 2.36. The van der Waals surface area contributed by atoms with E-state index < -0.39 is 0 Å². The summed E-state index contributed by atoms with van der Waals surface area (Å²) in [7, 11) is 5.93. The number of nitrogens with one attached hydrogen (secondary N) is 1. The third-order valence-electron chi connectivity index (χ3n) is 4.54. The molecule has 0 aliphatic heterocycles. The van der Waals surface area contributed by atoms with Crippen LogP contribution in [-0.2, 0) is 6.54 Å². The SMILES string of the molecule is COc1ccc(CNCC2(N(C)C)CCCC2)c(O)c1. The second kappa shape index (κ2) is 6.46. The lowest BCUT2D eigenvalue weighted by Gasteiger charge is -2.36. The maximum atomic E-state index is 9.96. The van der Waals surface area contributed by atoms with E-state index in [1.165, 1.54) is 25.7 Å². The second-order valence-corrected chi connectivity index (χ2v) is 5.92. The fourth-order valence-electron chi connectivity index (χ4n) is 3.07. The summed E-state index contributed by atoms with van der Waals surface area (Å²) >= 11 is 0. The number of phenols is 1. The quantitative estimate of drug-likeness (QED) is 0.838. The lowest BCUT2D eigenvalue weighted by atomic mass is 9.96. The van der Waals surface area contributed by atoms with Crippen molar-refractivity contribution in [2.45, 2.75) is 37.8 Å². The highest BCUT2D eigenvalue weighted by atomic mass is 16.5. The predicted molar refractivity (Wildman–Crippen MR) is 81.3 cm³/mol. The molecule has 4 nitrogen and oxygen atoms in total. The summed E-state index contributed by atoms with van der Waals surface area (Å²) in [6.45, 7) is 1.65. The van der Waals surface area contributed by atoms with Crippen molar-refractivity contribution in [1.29, 1.82) is 0 Å². The standard InChI is InChI=1S/C16H26N2O2/c1-18(2)16(8-4-5-9-16)12-17-11-13-6-7-14(20-3)10-15(13)19/h6-7,10,17,19H,4-5,8-9,11-12H2,1-3H3. The molecular formula is C16H26N2O2. The number of nitrogens with zero attached hydrogens (tertiary/aromatic N) is 1. The molecule has 1 aromatic rings. The van der Waals surface area contributed by atoms with Gasteiger partial charge in [-0.3, -0.25) is 0 Å². The Bertz CT molecular complexity index is 440. The van der Waals surface area contributed by atoms with Crippen molar-refractivity contribution >= 4 is 0 Å². The van der Waals surface area contributed by atoms with Crippen LogP contribution in [0.15, 0.2) is 18.2 Å². The van der Waals surface area contributed by atoms with Crippen molar-refractivity contribution in [1.82, 2.24) is 10.2 Å². The second-order valence-electron chi connectivity index (χ2n) is 5.92. The topological polar surface area (TPSA) is 44.7 Å². The van der Waals surface area contributed by atoms with Crippen molar-refractivity contribution in [2.24, 2.45) is 0 Å². The molecule has 0 saturated heterocycles. The highest BCUT2D eigenvalue weighted by molar-refractivity contribution is 5.39. The zero-order chi connectivity index (χ0) is 14.6. The van der Waals surface area contributed by atoms with E-state index >= 15 is 0 Å². The van der Waals surface area contributed by atoms with E-state index in [4.69, 9.17) is 4.74 Å². The normalized spacial score (nSPS) is 17.6. The minimum Gasteiger partial charge on any atom is -0.507 e. The van der Waals surface area contributed by atoms with Crippen molar-refractivity contribution in [3.05, 3.63) is 23.8 Å². The van der Waals surface area contributed by atoms with Gasteiger partial charge >= 0.3 is 0 Å². The number of methoxy groups -OCH3 is 1. The minimum atomic E-state index is 0.280.